The van der Waals surface area contributed by atoms with Gasteiger partial charge >= 0.3 is 6.18 Å². The number of amides is 1. The Morgan fingerprint density at radius 2 is 1.81 bits per heavy atom. The molecule has 7 heteroatoms. The Bertz CT molecular complexity index is 1020. The second-order valence-corrected chi connectivity index (χ2v) is 6.50. The van der Waals surface area contributed by atoms with Gasteiger partial charge in [0.1, 0.15) is 5.82 Å². The van der Waals surface area contributed by atoms with Crippen molar-refractivity contribution >= 4 is 22.5 Å². The van der Waals surface area contributed by atoms with Gasteiger partial charge in [-0.2, -0.15) is 13.2 Å². The number of carbonyl (C=O) groups excluding carboxylic acids is 1. The summed E-state index contributed by atoms with van der Waals surface area (Å²) in [5, 5.41) is 4.38. The third kappa shape index (κ3) is 4.07. The summed E-state index contributed by atoms with van der Waals surface area (Å²) >= 11 is 0. The molecule has 0 bridgehead atoms. The molecule has 1 atom stereocenters. The van der Waals surface area contributed by atoms with Crippen molar-refractivity contribution in [1.29, 1.82) is 0 Å². The molecule has 0 aliphatic carbocycles. The molecule has 0 saturated heterocycles. The maximum absolute atomic E-state index is 12.9. The number of fused-ring (bicyclic) bond motifs is 1. The van der Waals surface area contributed by atoms with Crippen LogP contribution in [0.5, 0.6) is 0 Å². The van der Waals surface area contributed by atoms with Gasteiger partial charge in [0.25, 0.3) is 0 Å². The van der Waals surface area contributed by atoms with E-state index in [2.05, 4.69) is 15.3 Å². The van der Waals surface area contributed by atoms with E-state index in [0.29, 0.717) is 5.82 Å². The van der Waals surface area contributed by atoms with E-state index in [4.69, 9.17) is 0 Å². The molecule has 1 amide bonds. The summed E-state index contributed by atoms with van der Waals surface area (Å²) in [5.74, 6) is -1.35. The monoisotopic (exact) mass is 373 g/mol. The lowest BCUT2D eigenvalue weighted by molar-refractivity contribution is -0.147. The number of aromatic nitrogens is 2. The highest BCUT2D eigenvalue weighted by atomic mass is 19.4. The number of nitrogens with one attached hydrogen (secondary N) is 1. The summed E-state index contributed by atoms with van der Waals surface area (Å²) in [4.78, 5) is 19.4. The minimum atomic E-state index is -4.32. The lowest BCUT2D eigenvalue weighted by Gasteiger charge is -2.16. The standard InChI is InChI=1S/C20H18F3N3O/c1-11-6-18(12(2)20(21,22)23)24-10-17(11)15-5-4-14-8-19(26-13(3)27)25-9-16(14)7-15/h4-10,12H,1-3H3,(H,25,26,27)/t12-/m1/s1. The molecule has 0 fully saturated rings. The Morgan fingerprint density at radius 3 is 2.44 bits per heavy atom. The molecule has 0 saturated carbocycles. The van der Waals surface area contributed by atoms with Gasteiger partial charge in [-0.25, -0.2) is 4.98 Å². The Morgan fingerprint density at radius 1 is 1.07 bits per heavy atom. The van der Waals surface area contributed by atoms with Gasteiger partial charge in [-0.05, 0) is 48.6 Å². The van der Waals surface area contributed by atoms with E-state index in [0.717, 1.165) is 34.4 Å². The number of hydrogen-bond donors (Lipinski definition) is 1. The number of benzene rings is 1. The van der Waals surface area contributed by atoms with Crippen molar-refractivity contribution in [2.45, 2.75) is 32.9 Å². The van der Waals surface area contributed by atoms with E-state index in [1.54, 1.807) is 19.2 Å². The fourth-order valence-corrected chi connectivity index (χ4v) is 2.84. The molecule has 4 nitrogen and oxygen atoms in total. The number of halogens is 3. The number of rotatable bonds is 3. The van der Waals surface area contributed by atoms with Crippen LogP contribution >= 0.6 is 0 Å². The van der Waals surface area contributed by atoms with E-state index in [1.165, 1.54) is 19.2 Å². The van der Waals surface area contributed by atoms with Crippen LogP contribution in [-0.2, 0) is 4.79 Å². The largest absolute Gasteiger partial charge is 0.396 e. The van der Waals surface area contributed by atoms with Crippen LogP contribution in [0.4, 0.5) is 19.0 Å². The molecule has 2 aromatic heterocycles. The Kier molecular flexibility index (Phi) is 4.87. The highest BCUT2D eigenvalue weighted by molar-refractivity contribution is 5.92. The minimum absolute atomic E-state index is 0.00570. The molecular weight excluding hydrogens is 355 g/mol. The third-order valence-electron chi connectivity index (χ3n) is 4.40. The lowest BCUT2D eigenvalue weighted by atomic mass is 9.97. The predicted octanol–water partition coefficient (Wildman–Crippen LogP) is 5.23. The van der Waals surface area contributed by atoms with Crippen LogP contribution < -0.4 is 5.32 Å². The van der Waals surface area contributed by atoms with Crippen molar-refractivity contribution < 1.29 is 18.0 Å². The molecule has 1 aromatic carbocycles. The number of hydrogen-bond acceptors (Lipinski definition) is 3. The zero-order valence-corrected chi connectivity index (χ0v) is 15.1. The zero-order chi connectivity index (χ0) is 19.8. The Hall–Kier alpha value is -2.96. The molecule has 0 aliphatic rings. The van der Waals surface area contributed by atoms with Crippen molar-refractivity contribution in [2.24, 2.45) is 0 Å². The fraction of sp³-hybridized carbons (Fsp3) is 0.250. The quantitative estimate of drug-likeness (QED) is 0.684. The van der Waals surface area contributed by atoms with Gasteiger partial charge in [-0.3, -0.25) is 9.78 Å². The zero-order valence-electron chi connectivity index (χ0n) is 15.1. The summed E-state index contributed by atoms with van der Waals surface area (Å²) in [6.07, 6.45) is -1.19. The van der Waals surface area contributed by atoms with E-state index in [9.17, 15) is 18.0 Å². The molecule has 3 rings (SSSR count). The minimum Gasteiger partial charge on any atom is -0.311 e. The first-order valence-corrected chi connectivity index (χ1v) is 8.36. The van der Waals surface area contributed by atoms with Crippen molar-refractivity contribution in [2.75, 3.05) is 5.32 Å². The van der Waals surface area contributed by atoms with Crippen LogP contribution in [0.15, 0.2) is 42.7 Å². The van der Waals surface area contributed by atoms with Crippen molar-refractivity contribution in [3.63, 3.8) is 0 Å². The molecule has 0 radical (unpaired) electrons. The number of alkyl halides is 3. The summed E-state index contributed by atoms with van der Waals surface area (Å²) in [7, 11) is 0. The van der Waals surface area contributed by atoms with Crippen LogP contribution in [0.1, 0.15) is 31.0 Å². The van der Waals surface area contributed by atoms with Gasteiger partial charge in [0.05, 0.1) is 11.6 Å². The van der Waals surface area contributed by atoms with Crippen molar-refractivity contribution in [3.05, 3.63) is 54.0 Å². The van der Waals surface area contributed by atoms with E-state index in [-0.39, 0.29) is 11.6 Å². The summed E-state index contributed by atoms with van der Waals surface area (Å²) in [6, 6.07) is 8.90. The highest BCUT2D eigenvalue weighted by Crippen LogP contribution is 2.35. The third-order valence-corrected chi connectivity index (χ3v) is 4.40. The summed E-state index contributed by atoms with van der Waals surface area (Å²) in [6.45, 7) is 4.29. The topological polar surface area (TPSA) is 54.9 Å². The molecule has 1 N–H and O–H groups in total. The van der Waals surface area contributed by atoms with Gasteiger partial charge in [-0.1, -0.05) is 12.1 Å². The van der Waals surface area contributed by atoms with E-state index in [1.807, 2.05) is 18.2 Å². The van der Waals surface area contributed by atoms with Gasteiger partial charge in [-0.15, -0.1) is 0 Å². The second-order valence-electron chi connectivity index (χ2n) is 6.50. The van der Waals surface area contributed by atoms with Crippen LogP contribution in [0.25, 0.3) is 21.9 Å². The average molecular weight is 373 g/mol. The number of pyridine rings is 2. The van der Waals surface area contributed by atoms with Crippen LogP contribution in [-0.4, -0.2) is 22.1 Å². The Labute approximate surface area is 154 Å². The normalized spacial score (nSPS) is 12.8. The molecule has 2 heterocycles. The first kappa shape index (κ1) is 18.8. The molecule has 3 aromatic rings. The summed E-state index contributed by atoms with van der Waals surface area (Å²) < 4.78 is 38.7. The van der Waals surface area contributed by atoms with Gasteiger partial charge in [0, 0.05) is 30.3 Å². The maximum Gasteiger partial charge on any atom is 0.396 e. The molecule has 0 spiro atoms. The maximum atomic E-state index is 12.9. The molecule has 0 aliphatic heterocycles. The van der Waals surface area contributed by atoms with Crippen molar-refractivity contribution in [1.82, 2.24) is 9.97 Å². The first-order valence-electron chi connectivity index (χ1n) is 8.36. The number of nitrogens with zero attached hydrogens (tertiary/aromatic N) is 2. The SMILES string of the molecule is CC(=O)Nc1cc2ccc(-c3cnc([C@@H](C)C(F)(F)F)cc3C)cc2cn1. The van der Waals surface area contributed by atoms with Crippen LogP contribution in [0, 0.1) is 6.92 Å². The molecule has 0 unspecified atom stereocenters. The number of carbonyl (C=O) groups is 1. The van der Waals surface area contributed by atoms with Gasteiger partial charge < -0.3 is 5.32 Å². The predicted molar refractivity (Wildman–Crippen MR) is 98.5 cm³/mol. The molecular formula is C20H18F3N3O. The average Bonchev–Trinajstić information content (AvgIpc) is 2.59. The Balaban J connectivity index is 1.96. The van der Waals surface area contributed by atoms with Gasteiger partial charge in [0.15, 0.2) is 0 Å². The number of aryl methyl sites for hydroxylation is 1. The van der Waals surface area contributed by atoms with Gasteiger partial charge in [0.2, 0.25) is 5.91 Å². The van der Waals surface area contributed by atoms with Crippen LogP contribution in [0.3, 0.4) is 0 Å². The second kappa shape index (κ2) is 6.98. The summed E-state index contributed by atoms with van der Waals surface area (Å²) in [5.41, 5.74) is 2.33. The van der Waals surface area contributed by atoms with E-state index < -0.39 is 12.1 Å². The molecule has 140 valence electrons. The van der Waals surface area contributed by atoms with Crippen LogP contribution in [0.2, 0.25) is 0 Å². The lowest BCUT2D eigenvalue weighted by Crippen LogP contribution is -2.18. The van der Waals surface area contributed by atoms with E-state index >= 15 is 0 Å². The smallest absolute Gasteiger partial charge is 0.311 e. The highest BCUT2D eigenvalue weighted by Gasteiger charge is 2.38. The van der Waals surface area contributed by atoms with Crippen molar-refractivity contribution in [3.8, 4) is 11.1 Å². The fourth-order valence-electron chi connectivity index (χ4n) is 2.84. The molecule has 27 heavy (non-hydrogen) atoms. The first-order chi connectivity index (χ1) is 12.6. The number of anilines is 1.